The van der Waals surface area contributed by atoms with E-state index < -0.39 is 0 Å². The maximum absolute atomic E-state index is 3.57. The average molecular weight is 189 g/mol. The predicted octanol–water partition coefficient (Wildman–Crippen LogP) is 3.38. The fourth-order valence-electron chi connectivity index (χ4n) is 2.39. The first kappa shape index (κ1) is 9.57. The molecular weight excluding hydrogens is 170 g/mol. The Balaban J connectivity index is 2.18. The molecule has 0 bridgehead atoms. The molecule has 0 aromatic heterocycles. The highest BCUT2D eigenvalue weighted by molar-refractivity contribution is 5.58. The summed E-state index contributed by atoms with van der Waals surface area (Å²) in [4.78, 5) is 0. The molecule has 0 aliphatic carbocycles. The minimum absolute atomic E-state index is 0.842. The fraction of sp³-hybridized carbons (Fsp3) is 0.538. The van der Waals surface area contributed by atoms with E-state index in [9.17, 15) is 0 Å². The maximum Gasteiger partial charge on any atom is 0.0402 e. The molecule has 1 N–H and O–H groups in total. The molecular formula is C13H19N. The second-order valence-electron chi connectivity index (χ2n) is 4.35. The third-order valence-electron chi connectivity index (χ3n) is 3.13. The normalized spacial score (nSPS) is 20.0. The van der Waals surface area contributed by atoms with Crippen LogP contribution in [0.4, 0.5) is 5.69 Å². The van der Waals surface area contributed by atoms with Gasteiger partial charge in [-0.15, -0.1) is 0 Å². The van der Waals surface area contributed by atoms with Crippen molar-refractivity contribution in [2.75, 3.05) is 11.9 Å². The van der Waals surface area contributed by atoms with Gasteiger partial charge in [0.15, 0.2) is 0 Å². The van der Waals surface area contributed by atoms with E-state index in [1.807, 2.05) is 0 Å². The highest BCUT2D eigenvalue weighted by Gasteiger charge is 2.17. The molecule has 0 radical (unpaired) electrons. The summed E-state index contributed by atoms with van der Waals surface area (Å²) in [6.45, 7) is 5.61. The van der Waals surface area contributed by atoms with Gasteiger partial charge in [0, 0.05) is 12.2 Å². The number of anilines is 1. The van der Waals surface area contributed by atoms with E-state index in [1.165, 1.54) is 36.1 Å². The van der Waals surface area contributed by atoms with Crippen LogP contribution in [0.1, 0.15) is 30.9 Å². The van der Waals surface area contributed by atoms with E-state index in [2.05, 4.69) is 37.4 Å². The van der Waals surface area contributed by atoms with Crippen LogP contribution in [0.15, 0.2) is 18.2 Å². The van der Waals surface area contributed by atoms with Gasteiger partial charge in [0.1, 0.15) is 0 Å². The van der Waals surface area contributed by atoms with Crippen LogP contribution in [0.25, 0.3) is 0 Å². The van der Waals surface area contributed by atoms with Crippen LogP contribution in [0.5, 0.6) is 0 Å². The zero-order chi connectivity index (χ0) is 9.97. The molecule has 0 spiro atoms. The van der Waals surface area contributed by atoms with Gasteiger partial charge in [0.05, 0.1) is 0 Å². The summed E-state index contributed by atoms with van der Waals surface area (Å²) in [5.74, 6) is 0.842. The van der Waals surface area contributed by atoms with Crippen LogP contribution in [-0.2, 0) is 6.42 Å². The minimum Gasteiger partial charge on any atom is -0.384 e. The van der Waals surface area contributed by atoms with Crippen LogP contribution in [0.3, 0.4) is 0 Å². The van der Waals surface area contributed by atoms with Gasteiger partial charge >= 0.3 is 0 Å². The van der Waals surface area contributed by atoms with Crippen LogP contribution >= 0.6 is 0 Å². The second kappa shape index (κ2) is 4.04. The molecule has 0 fully saturated rings. The third kappa shape index (κ3) is 1.77. The highest BCUT2D eigenvalue weighted by atomic mass is 14.9. The van der Waals surface area contributed by atoms with Crippen molar-refractivity contribution in [3.05, 3.63) is 29.3 Å². The van der Waals surface area contributed by atoms with Crippen molar-refractivity contribution in [3.8, 4) is 0 Å². The van der Waals surface area contributed by atoms with Crippen molar-refractivity contribution in [1.82, 2.24) is 0 Å². The molecule has 0 saturated heterocycles. The molecule has 0 amide bonds. The fourth-order valence-corrected chi connectivity index (χ4v) is 2.39. The first-order valence-corrected chi connectivity index (χ1v) is 5.63. The van der Waals surface area contributed by atoms with E-state index in [0.29, 0.717) is 0 Å². The Labute approximate surface area is 86.5 Å². The Bertz CT molecular complexity index is 317. The molecule has 2 rings (SSSR count). The number of benzene rings is 1. The molecule has 1 aliphatic rings. The summed E-state index contributed by atoms with van der Waals surface area (Å²) in [6, 6.07) is 6.62. The Morgan fingerprint density at radius 1 is 1.43 bits per heavy atom. The summed E-state index contributed by atoms with van der Waals surface area (Å²) in [5, 5.41) is 3.57. The number of fused-ring (bicyclic) bond motifs is 1. The number of hydrogen-bond donors (Lipinski definition) is 1. The van der Waals surface area contributed by atoms with Crippen LogP contribution in [0.2, 0.25) is 0 Å². The molecule has 1 aromatic rings. The lowest BCUT2D eigenvalue weighted by Gasteiger charge is -2.27. The third-order valence-corrected chi connectivity index (χ3v) is 3.13. The van der Waals surface area contributed by atoms with Crippen molar-refractivity contribution in [3.63, 3.8) is 0 Å². The maximum atomic E-state index is 3.57. The molecule has 1 unspecified atom stereocenters. The lowest BCUT2D eigenvalue weighted by atomic mass is 9.89. The first-order chi connectivity index (χ1) is 6.81. The summed E-state index contributed by atoms with van der Waals surface area (Å²) in [5.41, 5.74) is 4.28. The Kier molecular flexibility index (Phi) is 2.76. The summed E-state index contributed by atoms with van der Waals surface area (Å²) in [7, 11) is 0. The Hall–Kier alpha value is -0.980. The number of rotatable bonds is 2. The molecule has 1 aliphatic heterocycles. The summed E-state index contributed by atoms with van der Waals surface area (Å²) >= 11 is 0. The van der Waals surface area contributed by atoms with Gasteiger partial charge in [0.2, 0.25) is 0 Å². The van der Waals surface area contributed by atoms with E-state index in [4.69, 9.17) is 0 Å². The highest BCUT2D eigenvalue weighted by Crippen LogP contribution is 2.29. The number of aryl methyl sites for hydroxylation is 1. The van der Waals surface area contributed by atoms with E-state index in [0.717, 1.165) is 12.5 Å². The first-order valence-electron chi connectivity index (χ1n) is 5.63. The summed E-state index contributed by atoms with van der Waals surface area (Å²) in [6.07, 6.45) is 3.91. The van der Waals surface area contributed by atoms with Gasteiger partial charge < -0.3 is 5.32 Å². The van der Waals surface area contributed by atoms with Gasteiger partial charge in [0.25, 0.3) is 0 Å². The zero-order valence-electron chi connectivity index (χ0n) is 9.14. The number of hydrogen-bond acceptors (Lipinski definition) is 1. The zero-order valence-corrected chi connectivity index (χ0v) is 9.14. The standard InChI is InChI=1S/C13H19N/c1-3-5-11-8-12-7-4-6-10(2)13(12)14-9-11/h4,6-7,11,14H,3,5,8-9H2,1-2H3. The number of para-hydroxylation sites is 1. The second-order valence-corrected chi connectivity index (χ2v) is 4.35. The Morgan fingerprint density at radius 3 is 3.07 bits per heavy atom. The molecule has 76 valence electrons. The predicted molar refractivity (Wildman–Crippen MR) is 61.8 cm³/mol. The molecule has 1 nitrogen and oxygen atoms in total. The van der Waals surface area contributed by atoms with Gasteiger partial charge in [-0.1, -0.05) is 31.5 Å². The summed E-state index contributed by atoms with van der Waals surface area (Å²) < 4.78 is 0. The van der Waals surface area contributed by atoms with Gasteiger partial charge in [-0.2, -0.15) is 0 Å². The lowest BCUT2D eigenvalue weighted by molar-refractivity contribution is 0.489. The quantitative estimate of drug-likeness (QED) is 0.752. The van der Waals surface area contributed by atoms with Crippen molar-refractivity contribution >= 4 is 5.69 Å². The van der Waals surface area contributed by atoms with Crippen LogP contribution in [0, 0.1) is 12.8 Å². The van der Waals surface area contributed by atoms with Gasteiger partial charge in [-0.25, -0.2) is 0 Å². The molecule has 14 heavy (non-hydrogen) atoms. The topological polar surface area (TPSA) is 12.0 Å². The molecule has 1 atom stereocenters. The molecule has 1 aromatic carbocycles. The number of nitrogens with one attached hydrogen (secondary N) is 1. The average Bonchev–Trinajstić information content (AvgIpc) is 2.18. The van der Waals surface area contributed by atoms with Crippen LogP contribution < -0.4 is 5.32 Å². The molecule has 1 heteroatoms. The largest absolute Gasteiger partial charge is 0.384 e. The van der Waals surface area contributed by atoms with Gasteiger partial charge in [-0.05, 0) is 36.8 Å². The van der Waals surface area contributed by atoms with Crippen molar-refractivity contribution in [2.24, 2.45) is 5.92 Å². The monoisotopic (exact) mass is 189 g/mol. The minimum atomic E-state index is 0.842. The SMILES string of the molecule is CCCC1CNc2c(C)cccc2C1. The van der Waals surface area contributed by atoms with Crippen LogP contribution in [-0.4, -0.2) is 6.54 Å². The molecule has 1 heterocycles. The van der Waals surface area contributed by atoms with Crippen molar-refractivity contribution in [1.29, 1.82) is 0 Å². The van der Waals surface area contributed by atoms with E-state index >= 15 is 0 Å². The molecule has 0 saturated carbocycles. The van der Waals surface area contributed by atoms with Gasteiger partial charge in [-0.3, -0.25) is 0 Å². The lowest BCUT2D eigenvalue weighted by Crippen LogP contribution is -2.23. The Morgan fingerprint density at radius 2 is 2.29 bits per heavy atom. The van der Waals surface area contributed by atoms with Crippen molar-refractivity contribution in [2.45, 2.75) is 33.1 Å². The van der Waals surface area contributed by atoms with Crippen molar-refractivity contribution < 1.29 is 0 Å². The van der Waals surface area contributed by atoms with E-state index in [1.54, 1.807) is 0 Å². The smallest absolute Gasteiger partial charge is 0.0402 e. The van der Waals surface area contributed by atoms with E-state index in [-0.39, 0.29) is 0 Å².